The predicted molar refractivity (Wildman–Crippen MR) is 80.9 cm³/mol. The van der Waals surface area contributed by atoms with E-state index in [1.807, 2.05) is 0 Å². The molecule has 2 heterocycles. The first-order valence-corrected chi connectivity index (χ1v) is 9.72. The SMILES string of the molecule is COC1OC(C)[C@H](O[C@@H]2OC(C(=O)[O-])[C@@H](C)[C@@H](O)[C@@H]2O)[C@H](S(=O)(=O)O[O-])[C@@H]1O.[Na+].[Na+]. The average molecular weight is 476 g/mol. The van der Waals surface area contributed by atoms with Crippen LogP contribution in [0, 0.1) is 5.92 Å². The predicted octanol–water partition coefficient (Wildman–Crippen LogP) is -11.0. The van der Waals surface area contributed by atoms with E-state index in [4.69, 9.17) is 18.9 Å². The molecule has 2 fully saturated rings. The molecule has 2 aliphatic rings. The molecule has 0 amide bonds. The average Bonchev–Trinajstić information content (AvgIpc) is 2.63. The molecule has 0 aromatic heterocycles. The van der Waals surface area contributed by atoms with Gasteiger partial charge in [-0.25, -0.2) is 0 Å². The zero-order valence-electron chi connectivity index (χ0n) is 17.1. The van der Waals surface area contributed by atoms with Crippen molar-refractivity contribution in [2.24, 2.45) is 5.92 Å². The summed E-state index contributed by atoms with van der Waals surface area (Å²) < 4.78 is 47.9. The Kier molecular flexibility index (Phi) is 12.9. The van der Waals surface area contributed by atoms with Crippen molar-refractivity contribution in [1.82, 2.24) is 0 Å². The third-order valence-corrected chi connectivity index (χ3v) is 6.26. The first-order valence-electron chi connectivity index (χ1n) is 8.25. The number of rotatable bonds is 6. The molecular weight excluding hydrogens is 454 g/mol. The summed E-state index contributed by atoms with van der Waals surface area (Å²) in [4.78, 5) is 11.2. The molecule has 0 bridgehead atoms. The number of carboxylic acid groups (broad SMARTS) is 1. The van der Waals surface area contributed by atoms with Crippen LogP contribution in [-0.2, 0) is 38.2 Å². The number of aliphatic hydroxyl groups is 3. The van der Waals surface area contributed by atoms with Crippen LogP contribution in [0.2, 0.25) is 0 Å². The van der Waals surface area contributed by atoms with Gasteiger partial charge in [0.25, 0.3) is 10.1 Å². The number of carbonyl (C=O) groups is 1. The Morgan fingerprint density at radius 1 is 1.00 bits per heavy atom. The van der Waals surface area contributed by atoms with Crippen LogP contribution in [0.5, 0.6) is 0 Å². The Bertz CT molecular complexity index is 664. The van der Waals surface area contributed by atoms with Crippen molar-refractivity contribution in [3.8, 4) is 0 Å². The summed E-state index contributed by atoms with van der Waals surface area (Å²) in [5.41, 5.74) is 0. The van der Waals surface area contributed by atoms with E-state index in [0.717, 1.165) is 7.11 Å². The number of hydrogen-bond donors (Lipinski definition) is 3. The zero-order chi connectivity index (χ0) is 21.4. The van der Waals surface area contributed by atoms with Gasteiger partial charge in [-0.3, -0.25) is 0 Å². The first kappa shape index (κ1) is 31.1. The van der Waals surface area contributed by atoms with E-state index in [1.165, 1.54) is 13.8 Å². The van der Waals surface area contributed by atoms with Crippen molar-refractivity contribution in [3.63, 3.8) is 0 Å². The van der Waals surface area contributed by atoms with E-state index in [1.54, 1.807) is 0 Å². The van der Waals surface area contributed by atoms with Gasteiger partial charge in [0.1, 0.15) is 29.7 Å². The van der Waals surface area contributed by atoms with Crippen molar-refractivity contribution in [2.45, 2.75) is 68.3 Å². The largest absolute Gasteiger partial charge is 1.00 e. The second-order valence-electron chi connectivity index (χ2n) is 6.65. The van der Waals surface area contributed by atoms with E-state index in [9.17, 15) is 38.9 Å². The smallest absolute Gasteiger partial charge is 0.707 e. The van der Waals surface area contributed by atoms with Crippen LogP contribution in [0.3, 0.4) is 0 Å². The molecule has 2 rings (SSSR count). The van der Waals surface area contributed by atoms with Gasteiger partial charge in [-0.1, -0.05) is 6.92 Å². The Labute approximate surface area is 217 Å². The maximum absolute atomic E-state index is 12.1. The van der Waals surface area contributed by atoms with E-state index in [2.05, 4.69) is 4.33 Å². The Morgan fingerprint density at radius 3 is 2.03 bits per heavy atom. The minimum Gasteiger partial charge on any atom is -0.707 e. The van der Waals surface area contributed by atoms with E-state index in [0.29, 0.717) is 0 Å². The molecule has 13 nitrogen and oxygen atoms in total. The Hall–Kier alpha value is 1.06. The van der Waals surface area contributed by atoms with Crippen LogP contribution in [0.25, 0.3) is 0 Å². The van der Waals surface area contributed by atoms with Gasteiger partial charge in [-0.2, -0.15) is 8.42 Å². The molecule has 0 aromatic carbocycles. The molecular formula is C14H22Na2O13S. The van der Waals surface area contributed by atoms with Gasteiger partial charge < -0.3 is 53.8 Å². The summed E-state index contributed by atoms with van der Waals surface area (Å²) in [6, 6.07) is 0. The number of aliphatic hydroxyl groups excluding tert-OH is 3. The molecule has 0 aromatic rings. The summed E-state index contributed by atoms with van der Waals surface area (Å²) in [6.45, 7) is 2.61. The fraction of sp³-hybridized carbons (Fsp3) is 0.929. The number of hydrogen-bond acceptors (Lipinski definition) is 13. The molecule has 2 saturated heterocycles. The zero-order valence-corrected chi connectivity index (χ0v) is 21.9. The minimum atomic E-state index is -4.94. The summed E-state index contributed by atoms with van der Waals surface area (Å²) >= 11 is 0. The van der Waals surface area contributed by atoms with Crippen LogP contribution in [0.1, 0.15) is 13.8 Å². The fourth-order valence-corrected chi connectivity index (χ4v) is 4.46. The Balaban J connectivity index is 0.00000420. The molecule has 10 atom stereocenters. The van der Waals surface area contributed by atoms with Gasteiger partial charge >= 0.3 is 59.1 Å². The van der Waals surface area contributed by atoms with Crippen LogP contribution < -0.4 is 69.5 Å². The second-order valence-corrected chi connectivity index (χ2v) is 8.31. The van der Waals surface area contributed by atoms with E-state index >= 15 is 0 Å². The third-order valence-electron chi connectivity index (χ3n) is 4.86. The van der Waals surface area contributed by atoms with Crippen LogP contribution in [0.15, 0.2) is 0 Å². The molecule has 0 spiro atoms. The van der Waals surface area contributed by atoms with Gasteiger partial charge in [-0.05, 0) is 6.92 Å². The summed E-state index contributed by atoms with van der Waals surface area (Å²) in [5, 5.41) is 50.3. The van der Waals surface area contributed by atoms with Gasteiger partial charge in [0.05, 0.1) is 18.2 Å². The maximum atomic E-state index is 12.1. The molecule has 3 unspecified atom stereocenters. The monoisotopic (exact) mass is 476 g/mol. The van der Waals surface area contributed by atoms with Gasteiger partial charge in [0.15, 0.2) is 12.6 Å². The quantitative estimate of drug-likeness (QED) is 0.185. The number of ether oxygens (including phenoxy) is 4. The summed E-state index contributed by atoms with van der Waals surface area (Å²) in [5.74, 6) is -2.75. The number of aliphatic carboxylic acids is 1. The van der Waals surface area contributed by atoms with Gasteiger partial charge in [-0.15, -0.1) is 0 Å². The van der Waals surface area contributed by atoms with Gasteiger partial charge in [0.2, 0.25) is 0 Å². The van der Waals surface area contributed by atoms with Gasteiger partial charge in [0, 0.05) is 13.0 Å². The molecule has 16 heteroatoms. The van der Waals surface area contributed by atoms with E-state index < -0.39 is 76.5 Å². The normalized spacial score (nSPS) is 42.0. The van der Waals surface area contributed by atoms with E-state index in [-0.39, 0.29) is 59.1 Å². The van der Waals surface area contributed by atoms with Crippen LogP contribution in [-0.4, -0.2) is 91.3 Å². The summed E-state index contributed by atoms with van der Waals surface area (Å²) in [6.07, 6.45) is -13.0. The first-order chi connectivity index (χ1) is 13.0. The van der Waals surface area contributed by atoms with Crippen LogP contribution >= 0.6 is 0 Å². The van der Waals surface area contributed by atoms with Crippen molar-refractivity contribution in [3.05, 3.63) is 0 Å². The molecule has 3 N–H and O–H groups in total. The standard InChI is InChI=1S/C14H24O13S.2Na/c1-4-6(15)7(16)14(25-9(4)12(18)19)26-10-5(2)24-13(23-3)8(17)11(10)28(21,22)27-20;;/h4-11,13-17,20H,1-3H3,(H,18,19);;/q;2*+1/p-2/t4-,5?,6+,7-,8-,9?,10-,11+,13?,14-;;/m0../s1. The molecule has 164 valence electrons. The Morgan fingerprint density at radius 2 is 1.57 bits per heavy atom. The molecule has 0 saturated carbocycles. The molecule has 0 radical (unpaired) electrons. The summed E-state index contributed by atoms with van der Waals surface area (Å²) in [7, 11) is -3.81. The number of carbonyl (C=O) groups excluding carboxylic acids is 1. The topological polar surface area (TPSA) is 204 Å². The third kappa shape index (κ3) is 6.34. The maximum Gasteiger partial charge on any atom is 1.00 e. The number of methoxy groups -OCH3 is 1. The van der Waals surface area contributed by atoms with Crippen molar-refractivity contribution in [1.29, 1.82) is 0 Å². The van der Waals surface area contributed by atoms with Crippen molar-refractivity contribution in [2.75, 3.05) is 7.11 Å². The van der Waals surface area contributed by atoms with Crippen LogP contribution in [0.4, 0.5) is 0 Å². The number of carboxylic acids is 1. The molecule has 2 aliphatic heterocycles. The van der Waals surface area contributed by atoms with Crippen molar-refractivity contribution >= 4 is 16.1 Å². The second kappa shape index (κ2) is 12.5. The fourth-order valence-electron chi connectivity index (χ4n) is 3.29. The molecule has 0 aliphatic carbocycles. The minimum absolute atomic E-state index is 0. The van der Waals surface area contributed by atoms with Crippen molar-refractivity contribution < 1.29 is 121 Å². The molecule has 30 heavy (non-hydrogen) atoms.